The molecule has 0 spiro atoms. The van der Waals surface area contributed by atoms with Crippen LogP contribution in [0.15, 0.2) is 0 Å². The predicted molar refractivity (Wildman–Crippen MR) is 99.2 cm³/mol. The molecule has 0 amide bonds. The van der Waals surface area contributed by atoms with Gasteiger partial charge >= 0.3 is 0 Å². The molecule has 0 aliphatic heterocycles. The Morgan fingerprint density at radius 2 is 0.913 bits per heavy atom. The normalized spacial score (nSPS) is 13.6. The van der Waals surface area contributed by atoms with Crippen molar-refractivity contribution in [3.8, 4) is 0 Å². The second-order valence-electron chi connectivity index (χ2n) is 7.40. The van der Waals surface area contributed by atoms with Gasteiger partial charge < -0.3 is 22.0 Å². The minimum atomic E-state index is 0. The van der Waals surface area contributed by atoms with Gasteiger partial charge in [-0.3, -0.25) is 0 Å². The molecule has 3 heteroatoms. The summed E-state index contributed by atoms with van der Waals surface area (Å²) in [5.74, 6) is 0. The van der Waals surface area contributed by atoms with Crippen molar-refractivity contribution in [3.05, 3.63) is 0 Å². The van der Waals surface area contributed by atoms with Gasteiger partial charge in [0.2, 0.25) is 0 Å². The Balaban J connectivity index is 0. The lowest BCUT2D eigenvalue weighted by molar-refractivity contribution is -0.910. The van der Waals surface area contributed by atoms with Crippen molar-refractivity contribution in [2.24, 2.45) is 0 Å². The largest absolute Gasteiger partial charge is 1.00 e. The van der Waals surface area contributed by atoms with Gasteiger partial charge in [-0.05, 0) is 38.5 Å². The van der Waals surface area contributed by atoms with Gasteiger partial charge in [-0.15, -0.1) is 0 Å². The number of nitrogens with zero attached hydrogens (tertiary/aromatic N) is 1. The molecule has 0 aliphatic rings. The van der Waals surface area contributed by atoms with Crippen molar-refractivity contribution in [1.29, 1.82) is 0 Å². The molecule has 0 saturated heterocycles. The number of aliphatic hydroxyl groups excluding tert-OH is 1. The molecule has 0 aromatic heterocycles. The number of rotatable bonds is 17. The highest BCUT2D eigenvalue weighted by Crippen LogP contribution is 2.14. The van der Waals surface area contributed by atoms with Crippen LogP contribution in [0, 0.1) is 0 Å². The molecule has 0 rings (SSSR count). The highest BCUT2D eigenvalue weighted by molar-refractivity contribution is 4.49. The van der Waals surface area contributed by atoms with E-state index in [9.17, 15) is 0 Å². The first-order chi connectivity index (χ1) is 10.7. The average molecular weight is 350 g/mol. The summed E-state index contributed by atoms with van der Waals surface area (Å²) in [6, 6.07) is 0. The maximum Gasteiger partial charge on any atom is 0.0785 e. The van der Waals surface area contributed by atoms with Gasteiger partial charge in [0.15, 0.2) is 0 Å². The van der Waals surface area contributed by atoms with E-state index < -0.39 is 0 Å². The quantitative estimate of drug-likeness (QED) is 0.316. The summed E-state index contributed by atoms with van der Waals surface area (Å²) in [6.45, 7) is 8.85. The standard InChI is InChI=1S/C20H44NO.ClH/c1-4-6-8-10-12-14-18-21(3,19-15-16-20-22)17-13-11-9-7-5-2;/h22H,4-20H2,1-3H3;1H/q+1;/p-1. The summed E-state index contributed by atoms with van der Waals surface area (Å²) in [5.41, 5.74) is 0. The molecular formula is C20H44ClNO. The van der Waals surface area contributed by atoms with Gasteiger partial charge in [-0.2, -0.15) is 0 Å². The van der Waals surface area contributed by atoms with Gasteiger partial charge in [-0.25, -0.2) is 0 Å². The third-order valence-electron chi connectivity index (χ3n) is 4.96. The molecule has 0 aromatic carbocycles. The van der Waals surface area contributed by atoms with E-state index in [1.165, 1.54) is 101 Å². The van der Waals surface area contributed by atoms with Crippen LogP contribution in [0.2, 0.25) is 0 Å². The second kappa shape index (κ2) is 18.5. The van der Waals surface area contributed by atoms with Gasteiger partial charge in [-0.1, -0.05) is 58.8 Å². The molecule has 0 heterocycles. The molecule has 0 fully saturated rings. The molecule has 142 valence electrons. The molecule has 0 saturated carbocycles. The number of hydrogen-bond acceptors (Lipinski definition) is 1. The van der Waals surface area contributed by atoms with Crippen LogP contribution in [0.1, 0.15) is 97.3 Å². The Labute approximate surface area is 153 Å². The van der Waals surface area contributed by atoms with Crippen LogP contribution in [0.4, 0.5) is 0 Å². The monoisotopic (exact) mass is 349 g/mol. The molecule has 0 bridgehead atoms. The summed E-state index contributed by atoms with van der Waals surface area (Å²) >= 11 is 0. The zero-order chi connectivity index (χ0) is 16.5. The molecule has 1 unspecified atom stereocenters. The fourth-order valence-corrected chi connectivity index (χ4v) is 3.31. The SMILES string of the molecule is CCCCCCCC[N+](C)(CCCCO)CCCCCCC.[Cl-]. The lowest BCUT2D eigenvalue weighted by Crippen LogP contribution is -3.00. The smallest absolute Gasteiger partial charge is 0.0785 e. The fraction of sp³-hybridized carbons (Fsp3) is 1.00. The van der Waals surface area contributed by atoms with Crippen molar-refractivity contribution in [2.45, 2.75) is 97.3 Å². The first-order valence-corrected chi connectivity index (χ1v) is 10.1. The Morgan fingerprint density at radius 3 is 1.30 bits per heavy atom. The van der Waals surface area contributed by atoms with E-state index >= 15 is 0 Å². The predicted octanol–water partition coefficient (Wildman–Crippen LogP) is 2.54. The lowest BCUT2D eigenvalue weighted by Gasteiger charge is -2.35. The van der Waals surface area contributed by atoms with Crippen molar-refractivity contribution in [1.82, 2.24) is 0 Å². The number of hydrogen-bond donors (Lipinski definition) is 1. The number of halogens is 1. The van der Waals surface area contributed by atoms with Crippen LogP contribution < -0.4 is 12.4 Å². The van der Waals surface area contributed by atoms with Gasteiger partial charge in [0.25, 0.3) is 0 Å². The molecule has 0 aliphatic carbocycles. The summed E-state index contributed by atoms with van der Waals surface area (Å²) in [5, 5.41) is 9.03. The van der Waals surface area contributed by atoms with Crippen LogP contribution in [-0.4, -0.2) is 42.9 Å². The van der Waals surface area contributed by atoms with E-state index in [1.807, 2.05) is 0 Å². The van der Waals surface area contributed by atoms with Crippen molar-refractivity contribution < 1.29 is 22.0 Å². The number of unbranched alkanes of at least 4 members (excludes halogenated alkanes) is 10. The van der Waals surface area contributed by atoms with Crippen molar-refractivity contribution in [3.63, 3.8) is 0 Å². The Hall–Kier alpha value is 0.210. The van der Waals surface area contributed by atoms with Crippen molar-refractivity contribution >= 4 is 0 Å². The molecule has 23 heavy (non-hydrogen) atoms. The Bertz CT molecular complexity index is 226. The summed E-state index contributed by atoms with van der Waals surface area (Å²) in [7, 11) is 2.45. The molecule has 0 aromatic rings. The highest BCUT2D eigenvalue weighted by Gasteiger charge is 2.19. The van der Waals surface area contributed by atoms with Gasteiger partial charge in [0, 0.05) is 6.61 Å². The molecular weight excluding hydrogens is 306 g/mol. The van der Waals surface area contributed by atoms with E-state index in [1.54, 1.807) is 0 Å². The first-order valence-electron chi connectivity index (χ1n) is 10.1. The zero-order valence-corrected chi connectivity index (χ0v) is 17.0. The van der Waals surface area contributed by atoms with Crippen LogP contribution in [-0.2, 0) is 0 Å². The molecule has 1 atom stereocenters. The maximum absolute atomic E-state index is 9.03. The highest BCUT2D eigenvalue weighted by atomic mass is 35.5. The van der Waals surface area contributed by atoms with Gasteiger partial charge in [0.05, 0.1) is 26.7 Å². The second-order valence-corrected chi connectivity index (χ2v) is 7.40. The minimum absolute atomic E-state index is 0. The third-order valence-corrected chi connectivity index (χ3v) is 4.96. The maximum atomic E-state index is 9.03. The van der Waals surface area contributed by atoms with Crippen molar-refractivity contribution in [2.75, 3.05) is 33.3 Å². The van der Waals surface area contributed by atoms with Crippen LogP contribution in [0.25, 0.3) is 0 Å². The van der Waals surface area contributed by atoms with Gasteiger partial charge in [0.1, 0.15) is 0 Å². The van der Waals surface area contributed by atoms with Crippen LogP contribution in [0.3, 0.4) is 0 Å². The average Bonchev–Trinajstić information content (AvgIpc) is 2.51. The van der Waals surface area contributed by atoms with E-state index in [-0.39, 0.29) is 12.4 Å². The first kappa shape index (κ1) is 25.5. The number of quaternary nitrogens is 1. The lowest BCUT2D eigenvalue weighted by atomic mass is 10.1. The van der Waals surface area contributed by atoms with E-state index in [2.05, 4.69) is 20.9 Å². The summed E-state index contributed by atoms with van der Waals surface area (Å²) in [6.07, 6.45) is 17.4. The Kier molecular flexibility index (Phi) is 20.5. The zero-order valence-electron chi connectivity index (χ0n) is 16.3. The van der Waals surface area contributed by atoms with Crippen LogP contribution in [0.5, 0.6) is 0 Å². The van der Waals surface area contributed by atoms with E-state index in [4.69, 9.17) is 5.11 Å². The third kappa shape index (κ3) is 16.8. The molecule has 1 N–H and O–H groups in total. The van der Waals surface area contributed by atoms with Crippen LogP contribution >= 0.6 is 0 Å². The summed E-state index contributed by atoms with van der Waals surface area (Å²) in [4.78, 5) is 0. The minimum Gasteiger partial charge on any atom is -1.00 e. The summed E-state index contributed by atoms with van der Waals surface area (Å²) < 4.78 is 1.24. The number of aliphatic hydroxyl groups is 1. The molecule has 0 radical (unpaired) electrons. The topological polar surface area (TPSA) is 20.2 Å². The van der Waals surface area contributed by atoms with E-state index in [0.717, 1.165) is 6.42 Å². The fourth-order valence-electron chi connectivity index (χ4n) is 3.31. The molecule has 2 nitrogen and oxygen atoms in total. The van der Waals surface area contributed by atoms with E-state index in [0.29, 0.717) is 6.61 Å². The Morgan fingerprint density at radius 1 is 0.565 bits per heavy atom.